The van der Waals surface area contributed by atoms with Crippen LogP contribution in [0.15, 0.2) is 12.2 Å². The van der Waals surface area contributed by atoms with Gasteiger partial charge in [-0.3, -0.25) is 9.59 Å². The zero-order chi connectivity index (χ0) is 17.1. The van der Waals surface area contributed by atoms with E-state index < -0.39 is 11.9 Å². The van der Waals surface area contributed by atoms with E-state index in [0.717, 1.165) is 50.9 Å². The van der Waals surface area contributed by atoms with Gasteiger partial charge in [0.1, 0.15) is 0 Å². The van der Waals surface area contributed by atoms with Gasteiger partial charge in [-0.05, 0) is 38.0 Å². The van der Waals surface area contributed by atoms with Crippen molar-refractivity contribution in [2.24, 2.45) is 17.8 Å². The maximum absolute atomic E-state index is 10.5. The minimum Gasteiger partial charge on any atom is -0.481 e. The molecule has 3 aliphatic rings. The maximum Gasteiger partial charge on any atom is 0.306 e. The summed E-state index contributed by atoms with van der Waals surface area (Å²) in [6.45, 7) is 2.28. The molecule has 0 saturated heterocycles. The van der Waals surface area contributed by atoms with Crippen molar-refractivity contribution in [1.82, 2.24) is 0 Å². The monoisotopic (exact) mass is 324 g/mol. The fraction of sp³-hybridized carbons (Fsp3) is 0.789. The number of hydrogen-bond donors (Lipinski definition) is 2. The minimum absolute atomic E-state index is 0.0394. The molecule has 132 valence electrons. The van der Waals surface area contributed by atoms with E-state index in [1.54, 1.807) is 0 Å². The Balaban J connectivity index is 0.000000187. The third-order valence-electron chi connectivity index (χ3n) is 4.69. The van der Waals surface area contributed by atoms with E-state index >= 15 is 0 Å². The van der Waals surface area contributed by atoms with Crippen LogP contribution in [0.2, 0.25) is 0 Å². The zero-order valence-corrected chi connectivity index (χ0v) is 14.4. The average Bonchev–Trinajstić information content (AvgIpc) is 3.35. The van der Waals surface area contributed by atoms with Gasteiger partial charge < -0.3 is 10.2 Å². The predicted octanol–water partition coefficient (Wildman–Crippen LogP) is 4.89. The van der Waals surface area contributed by atoms with Crippen molar-refractivity contribution in [3.8, 4) is 0 Å². The molecule has 0 heterocycles. The van der Waals surface area contributed by atoms with Crippen LogP contribution in [0.1, 0.15) is 77.6 Å². The molecule has 0 amide bonds. The molecular formula is C19H32O4. The molecule has 1 unspecified atom stereocenters. The van der Waals surface area contributed by atoms with Crippen LogP contribution in [0.3, 0.4) is 0 Å². The van der Waals surface area contributed by atoms with E-state index in [-0.39, 0.29) is 11.8 Å². The molecule has 0 aliphatic heterocycles. The van der Waals surface area contributed by atoms with E-state index in [9.17, 15) is 9.59 Å². The molecule has 0 spiro atoms. The van der Waals surface area contributed by atoms with Gasteiger partial charge in [-0.2, -0.15) is 0 Å². The lowest BCUT2D eigenvalue weighted by Crippen LogP contribution is -2.13. The summed E-state index contributed by atoms with van der Waals surface area (Å²) in [6.07, 6.45) is 15.9. The molecule has 2 N–H and O–H groups in total. The minimum atomic E-state index is -0.653. The van der Waals surface area contributed by atoms with E-state index in [1.807, 2.05) is 12.2 Å². The van der Waals surface area contributed by atoms with Gasteiger partial charge in [-0.25, -0.2) is 0 Å². The van der Waals surface area contributed by atoms with E-state index in [2.05, 4.69) is 6.92 Å². The SMILES string of the molecule is CC1CC1.O=C(O)C1CC=CCC1.O=C(O)C1CCCCCC1. The van der Waals surface area contributed by atoms with Crippen molar-refractivity contribution >= 4 is 11.9 Å². The summed E-state index contributed by atoms with van der Waals surface area (Å²) in [6, 6.07) is 0. The summed E-state index contributed by atoms with van der Waals surface area (Å²) in [7, 11) is 0. The molecular weight excluding hydrogens is 292 g/mol. The molecule has 2 saturated carbocycles. The molecule has 2 fully saturated rings. The first-order chi connectivity index (χ1) is 11.0. The molecule has 3 aliphatic carbocycles. The molecule has 0 aromatic rings. The Kier molecular flexibility index (Phi) is 9.65. The predicted molar refractivity (Wildman–Crippen MR) is 91.3 cm³/mol. The fourth-order valence-corrected chi connectivity index (χ4v) is 2.71. The first kappa shape index (κ1) is 19.7. The summed E-state index contributed by atoms with van der Waals surface area (Å²) in [5.74, 6) is -0.321. The summed E-state index contributed by atoms with van der Waals surface area (Å²) < 4.78 is 0. The van der Waals surface area contributed by atoms with Gasteiger partial charge in [-0.1, -0.05) is 57.6 Å². The molecule has 23 heavy (non-hydrogen) atoms. The van der Waals surface area contributed by atoms with Crippen LogP contribution in [-0.2, 0) is 9.59 Å². The second-order valence-corrected chi connectivity index (χ2v) is 7.03. The number of rotatable bonds is 2. The highest BCUT2D eigenvalue weighted by atomic mass is 16.4. The fourth-order valence-electron chi connectivity index (χ4n) is 2.71. The second-order valence-electron chi connectivity index (χ2n) is 7.03. The van der Waals surface area contributed by atoms with Crippen molar-refractivity contribution in [3.05, 3.63) is 12.2 Å². The van der Waals surface area contributed by atoms with Gasteiger partial charge >= 0.3 is 11.9 Å². The molecule has 0 bridgehead atoms. The van der Waals surface area contributed by atoms with Crippen LogP contribution in [0.4, 0.5) is 0 Å². The topological polar surface area (TPSA) is 74.6 Å². The van der Waals surface area contributed by atoms with Gasteiger partial charge in [-0.15, -0.1) is 0 Å². The number of hydrogen-bond acceptors (Lipinski definition) is 2. The number of allylic oxidation sites excluding steroid dienone is 2. The Morgan fingerprint density at radius 2 is 1.30 bits per heavy atom. The van der Waals surface area contributed by atoms with Crippen LogP contribution in [-0.4, -0.2) is 22.2 Å². The number of aliphatic carboxylic acids is 2. The quantitative estimate of drug-likeness (QED) is 0.560. The van der Waals surface area contributed by atoms with E-state index in [4.69, 9.17) is 10.2 Å². The van der Waals surface area contributed by atoms with Gasteiger partial charge in [0.05, 0.1) is 11.8 Å². The Morgan fingerprint density at radius 3 is 1.61 bits per heavy atom. The lowest BCUT2D eigenvalue weighted by atomic mass is 9.95. The third kappa shape index (κ3) is 10.1. The molecule has 4 heteroatoms. The van der Waals surface area contributed by atoms with Crippen LogP contribution in [0.25, 0.3) is 0 Å². The Morgan fingerprint density at radius 1 is 0.783 bits per heavy atom. The zero-order valence-electron chi connectivity index (χ0n) is 14.4. The average molecular weight is 324 g/mol. The Labute approximate surface area is 140 Å². The van der Waals surface area contributed by atoms with Crippen LogP contribution in [0.5, 0.6) is 0 Å². The van der Waals surface area contributed by atoms with Crippen molar-refractivity contribution in [3.63, 3.8) is 0 Å². The molecule has 3 rings (SSSR count). The maximum atomic E-state index is 10.5. The standard InChI is InChI=1S/C8H14O2.C7H10O2.C4H8/c9-8(10)7-5-3-1-2-4-6-7;8-7(9)6-4-2-1-3-5-6;1-4-2-3-4/h7H,1-6H2,(H,9,10);1-2,6H,3-5H2,(H,8,9);4H,2-3H2,1H3. The van der Waals surface area contributed by atoms with Crippen LogP contribution >= 0.6 is 0 Å². The van der Waals surface area contributed by atoms with Crippen molar-refractivity contribution in [1.29, 1.82) is 0 Å². The highest BCUT2D eigenvalue weighted by molar-refractivity contribution is 5.70. The Hall–Kier alpha value is -1.32. The van der Waals surface area contributed by atoms with Gasteiger partial charge in [0.25, 0.3) is 0 Å². The third-order valence-corrected chi connectivity index (χ3v) is 4.69. The van der Waals surface area contributed by atoms with Crippen molar-refractivity contribution in [2.45, 2.75) is 77.6 Å². The summed E-state index contributed by atoms with van der Waals surface area (Å²) in [4.78, 5) is 20.8. The van der Waals surface area contributed by atoms with Gasteiger partial charge in [0.15, 0.2) is 0 Å². The van der Waals surface area contributed by atoms with E-state index in [1.165, 1.54) is 25.7 Å². The summed E-state index contributed by atoms with van der Waals surface area (Å²) in [5.41, 5.74) is 0. The molecule has 0 radical (unpaired) electrons. The van der Waals surface area contributed by atoms with Crippen LogP contribution < -0.4 is 0 Å². The number of carboxylic acids is 2. The van der Waals surface area contributed by atoms with E-state index in [0.29, 0.717) is 0 Å². The van der Waals surface area contributed by atoms with Gasteiger partial charge in [0, 0.05) is 0 Å². The first-order valence-corrected chi connectivity index (χ1v) is 9.11. The summed E-state index contributed by atoms with van der Waals surface area (Å²) >= 11 is 0. The molecule has 0 aromatic carbocycles. The Bertz CT molecular complexity index is 377. The lowest BCUT2D eigenvalue weighted by molar-refractivity contribution is -0.143. The highest BCUT2D eigenvalue weighted by Gasteiger charge is 2.18. The summed E-state index contributed by atoms with van der Waals surface area (Å²) in [5, 5.41) is 17.2. The van der Waals surface area contributed by atoms with Crippen LogP contribution in [0, 0.1) is 17.8 Å². The van der Waals surface area contributed by atoms with Crippen molar-refractivity contribution < 1.29 is 19.8 Å². The normalized spacial score (nSPS) is 24.3. The van der Waals surface area contributed by atoms with Crippen molar-refractivity contribution in [2.75, 3.05) is 0 Å². The molecule has 0 aromatic heterocycles. The molecule has 4 nitrogen and oxygen atoms in total. The number of carboxylic acid groups (broad SMARTS) is 2. The molecule has 1 atom stereocenters. The smallest absolute Gasteiger partial charge is 0.306 e. The first-order valence-electron chi connectivity index (χ1n) is 9.11. The largest absolute Gasteiger partial charge is 0.481 e. The highest BCUT2D eigenvalue weighted by Crippen LogP contribution is 2.26. The number of carbonyl (C=O) groups is 2. The lowest BCUT2D eigenvalue weighted by Gasteiger charge is -2.11. The second kappa shape index (κ2) is 11.3. The van der Waals surface area contributed by atoms with Gasteiger partial charge in [0.2, 0.25) is 0 Å².